The molecule has 0 aliphatic rings. The molecular formula is C15H13N3O. The summed E-state index contributed by atoms with van der Waals surface area (Å²) in [5.41, 5.74) is 2.47. The summed E-state index contributed by atoms with van der Waals surface area (Å²) in [5.74, 6) is 0. The molecule has 3 rings (SSSR count). The summed E-state index contributed by atoms with van der Waals surface area (Å²) in [6.07, 6.45) is 6.14. The highest BCUT2D eigenvalue weighted by atomic mass is 16.3. The number of para-hydroxylation sites is 1. The van der Waals surface area contributed by atoms with Crippen molar-refractivity contribution in [2.45, 2.75) is 6.10 Å². The number of aliphatic hydroxyl groups excluding tert-OH is 1. The Morgan fingerprint density at radius 3 is 2.53 bits per heavy atom. The summed E-state index contributed by atoms with van der Waals surface area (Å²) in [7, 11) is 0. The monoisotopic (exact) mass is 251 g/mol. The lowest BCUT2D eigenvalue weighted by Crippen LogP contribution is -1.99. The third kappa shape index (κ3) is 2.39. The summed E-state index contributed by atoms with van der Waals surface area (Å²) in [4.78, 5) is 4.01. The Hall–Kier alpha value is -2.46. The molecule has 4 heteroatoms. The molecule has 0 amide bonds. The van der Waals surface area contributed by atoms with Gasteiger partial charge in [-0.2, -0.15) is 5.10 Å². The second-order valence-corrected chi connectivity index (χ2v) is 4.24. The third-order valence-electron chi connectivity index (χ3n) is 2.94. The quantitative estimate of drug-likeness (QED) is 0.777. The summed E-state index contributed by atoms with van der Waals surface area (Å²) in [6.45, 7) is 0. The highest BCUT2D eigenvalue weighted by Gasteiger charge is 2.12. The van der Waals surface area contributed by atoms with Crippen LogP contribution in [-0.2, 0) is 0 Å². The summed E-state index contributed by atoms with van der Waals surface area (Å²) in [5, 5.41) is 14.5. The van der Waals surface area contributed by atoms with Crippen LogP contribution in [0, 0.1) is 0 Å². The van der Waals surface area contributed by atoms with Crippen molar-refractivity contribution in [1.82, 2.24) is 14.8 Å². The van der Waals surface area contributed by atoms with E-state index in [9.17, 15) is 5.11 Å². The van der Waals surface area contributed by atoms with Gasteiger partial charge in [0, 0.05) is 29.7 Å². The van der Waals surface area contributed by atoms with Crippen molar-refractivity contribution in [3.05, 3.63) is 78.4 Å². The molecule has 1 unspecified atom stereocenters. The van der Waals surface area contributed by atoms with Crippen molar-refractivity contribution in [3.8, 4) is 5.69 Å². The number of nitrogens with zero attached hydrogens (tertiary/aromatic N) is 3. The number of hydrogen-bond donors (Lipinski definition) is 1. The smallest absolute Gasteiger partial charge is 0.109 e. The number of pyridine rings is 1. The van der Waals surface area contributed by atoms with Crippen LogP contribution in [0.2, 0.25) is 0 Å². The van der Waals surface area contributed by atoms with Crippen molar-refractivity contribution in [2.24, 2.45) is 0 Å². The molecule has 0 aliphatic carbocycles. The molecule has 0 aliphatic heterocycles. The van der Waals surface area contributed by atoms with E-state index in [1.165, 1.54) is 0 Å². The van der Waals surface area contributed by atoms with E-state index in [1.807, 2.05) is 42.6 Å². The fraction of sp³-hybridized carbons (Fsp3) is 0.0667. The van der Waals surface area contributed by atoms with Crippen LogP contribution < -0.4 is 0 Å². The van der Waals surface area contributed by atoms with Crippen LogP contribution in [0.3, 0.4) is 0 Å². The molecule has 0 spiro atoms. The van der Waals surface area contributed by atoms with Crippen molar-refractivity contribution < 1.29 is 5.11 Å². The topological polar surface area (TPSA) is 50.9 Å². The van der Waals surface area contributed by atoms with E-state index < -0.39 is 6.10 Å². The molecule has 1 N–H and O–H groups in total. The first-order chi connectivity index (χ1) is 9.34. The van der Waals surface area contributed by atoms with Gasteiger partial charge in [-0.15, -0.1) is 0 Å². The van der Waals surface area contributed by atoms with Gasteiger partial charge in [-0.25, -0.2) is 4.68 Å². The van der Waals surface area contributed by atoms with Gasteiger partial charge in [0.25, 0.3) is 0 Å². The summed E-state index contributed by atoms with van der Waals surface area (Å²) < 4.78 is 1.74. The van der Waals surface area contributed by atoms with Gasteiger partial charge in [-0.05, 0) is 18.2 Å². The number of aromatic nitrogens is 3. The maximum atomic E-state index is 10.3. The van der Waals surface area contributed by atoms with Gasteiger partial charge in [-0.1, -0.05) is 24.3 Å². The Morgan fingerprint density at radius 2 is 1.79 bits per heavy atom. The maximum Gasteiger partial charge on any atom is 0.109 e. The van der Waals surface area contributed by atoms with Crippen molar-refractivity contribution in [1.29, 1.82) is 0 Å². The molecule has 0 saturated heterocycles. The fourth-order valence-electron chi connectivity index (χ4n) is 1.93. The highest BCUT2D eigenvalue weighted by Crippen LogP contribution is 2.21. The zero-order valence-electron chi connectivity index (χ0n) is 10.2. The van der Waals surface area contributed by atoms with E-state index in [0.717, 1.165) is 16.8 Å². The van der Waals surface area contributed by atoms with Crippen molar-refractivity contribution in [2.75, 3.05) is 0 Å². The maximum absolute atomic E-state index is 10.3. The number of hydrogen-bond acceptors (Lipinski definition) is 3. The fourth-order valence-corrected chi connectivity index (χ4v) is 1.93. The minimum absolute atomic E-state index is 0.703. The van der Waals surface area contributed by atoms with Crippen LogP contribution in [0.1, 0.15) is 17.2 Å². The third-order valence-corrected chi connectivity index (χ3v) is 2.94. The molecule has 0 bridgehead atoms. The first-order valence-electron chi connectivity index (χ1n) is 6.02. The minimum Gasteiger partial charge on any atom is -0.383 e. The Labute approximate surface area is 111 Å². The molecule has 1 aromatic carbocycles. The summed E-state index contributed by atoms with van der Waals surface area (Å²) >= 11 is 0. The SMILES string of the molecule is OC(c1cccnc1)c1cnn(-c2ccccc2)c1. The predicted molar refractivity (Wildman–Crippen MR) is 71.9 cm³/mol. The molecule has 0 fully saturated rings. The highest BCUT2D eigenvalue weighted by molar-refractivity contribution is 5.32. The van der Waals surface area contributed by atoms with Crippen LogP contribution in [-0.4, -0.2) is 19.9 Å². The van der Waals surface area contributed by atoms with E-state index in [1.54, 1.807) is 29.3 Å². The van der Waals surface area contributed by atoms with Crippen LogP contribution in [0.15, 0.2) is 67.3 Å². The van der Waals surface area contributed by atoms with Crippen LogP contribution >= 0.6 is 0 Å². The number of rotatable bonds is 3. The second-order valence-electron chi connectivity index (χ2n) is 4.24. The van der Waals surface area contributed by atoms with Crippen LogP contribution in [0.5, 0.6) is 0 Å². The lowest BCUT2D eigenvalue weighted by molar-refractivity contribution is 0.220. The Morgan fingerprint density at radius 1 is 0.947 bits per heavy atom. The van der Waals surface area contributed by atoms with E-state index in [0.29, 0.717) is 0 Å². The van der Waals surface area contributed by atoms with Gasteiger partial charge in [0.05, 0.1) is 11.9 Å². The minimum atomic E-state index is -0.703. The van der Waals surface area contributed by atoms with Crippen LogP contribution in [0.4, 0.5) is 0 Å². The second kappa shape index (κ2) is 5.04. The Kier molecular flexibility index (Phi) is 3.08. The van der Waals surface area contributed by atoms with Gasteiger partial charge in [0.2, 0.25) is 0 Å². The Bertz CT molecular complexity index is 649. The van der Waals surface area contributed by atoms with Gasteiger partial charge in [0.15, 0.2) is 0 Å². The average Bonchev–Trinajstić information content (AvgIpc) is 2.98. The normalized spacial score (nSPS) is 12.3. The molecule has 0 saturated carbocycles. The van der Waals surface area contributed by atoms with Crippen molar-refractivity contribution in [3.63, 3.8) is 0 Å². The van der Waals surface area contributed by atoms with Gasteiger partial charge in [0.1, 0.15) is 6.10 Å². The van der Waals surface area contributed by atoms with E-state index in [-0.39, 0.29) is 0 Å². The first-order valence-corrected chi connectivity index (χ1v) is 6.02. The van der Waals surface area contributed by atoms with E-state index in [4.69, 9.17) is 0 Å². The van der Waals surface area contributed by atoms with Gasteiger partial charge in [-0.3, -0.25) is 4.98 Å². The molecular weight excluding hydrogens is 238 g/mol. The van der Waals surface area contributed by atoms with Gasteiger partial charge >= 0.3 is 0 Å². The zero-order valence-corrected chi connectivity index (χ0v) is 10.2. The van der Waals surface area contributed by atoms with E-state index in [2.05, 4.69) is 10.1 Å². The molecule has 1 atom stereocenters. The predicted octanol–water partition coefficient (Wildman–Crippen LogP) is 2.35. The molecule has 2 aromatic heterocycles. The molecule has 4 nitrogen and oxygen atoms in total. The molecule has 2 heterocycles. The summed E-state index contributed by atoms with van der Waals surface area (Å²) in [6, 6.07) is 13.4. The molecule has 0 radical (unpaired) electrons. The zero-order chi connectivity index (χ0) is 13.1. The largest absolute Gasteiger partial charge is 0.383 e. The lowest BCUT2D eigenvalue weighted by atomic mass is 10.1. The molecule has 19 heavy (non-hydrogen) atoms. The van der Waals surface area contributed by atoms with E-state index >= 15 is 0 Å². The number of benzene rings is 1. The van der Waals surface area contributed by atoms with Crippen LogP contribution in [0.25, 0.3) is 5.69 Å². The standard InChI is InChI=1S/C15H13N3O/c19-15(12-5-4-8-16-9-12)13-10-17-18(11-13)14-6-2-1-3-7-14/h1-11,15,19H. The first kappa shape index (κ1) is 11.6. The molecule has 3 aromatic rings. The average molecular weight is 251 g/mol. The molecule has 94 valence electrons. The lowest BCUT2D eigenvalue weighted by Gasteiger charge is -2.07. The Balaban J connectivity index is 1.90. The van der Waals surface area contributed by atoms with Gasteiger partial charge < -0.3 is 5.11 Å². The van der Waals surface area contributed by atoms with Crippen molar-refractivity contribution >= 4 is 0 Å². The number of aliphatic hydroxyl groups is 1.